The number of urea groups is 1. The van der Waals surface area contributed by atoms with Crippen molar-refractivity contribution in [2.75, 3.05) is 16.8 Å². The van der Waals surface area contributed by atoms with Crippen LogP contribution in [0.3, 0.4) is 0 Å². The minimum Gasteiger partial charge on any atom is -0.333 e. The summed E-state index contributed by atoms with van der Waals surface area (Å²) in [6.45, 7) is 1.97. The van der Waals surface area contributed by atoms with Crippen molar-refractivity contribution in [3.05, 3.63) is 60.2 Å². The normalized spacial score (nSPS) is 19.8. The fraction of sp³-hybridized carbons (Fsp3) is 0.222. The van der Waals surface area contributed by atoms with Crippen LogP contribution in [0.15, 0.2) is 48.5 Å². The molecule has 2 N–H and O–H groups in total. The maximum absolute atomic E-state index is 13.6. The van der Waals surface area contributed by atoms with E-state index in [2.05, 4.69) is 10.6 Å². The molecule has 130 valence electrons. The number of benzene rings is 2. The zero-order valence-electron chi connectivity index (χ0n) is 13.5. The van der Waals surface area contributed by atoms with Crippen LogP contribution in [0.1, 0.15) is 6.92 Å². The summed E-state index contributed by atoms with van der Waals surface area (Å²) in [7, 11) is 0. The van der Waals surface area contributed by atoms with Gasteiger partial charge in [0.05, 0.1) is 17.6 Å². The van der Waals surface area contributed by atoms with Crippen molar-refractivity contribution in [2.45, 2.75) is 13.0 Å². The number of carbonyl (C=O) groups excluding carboxylic acids is 2. The number of amides is 3. The van der Waals surface area contributed by atoms with E-state index in [-0.39, 0.29) is 24.0 Å². The summed E-state index contributed by atoms with van der Waals surface area (Å²) in [5.41, 5.74) is 0.629. The van der Waals surface area contributed by atoms with E-state index >= 15 is 0 Å². The molecule has 0 radical (unpaired) electrons. The van der Waals surface area contributed by atoms with Crippen LogP contribution in [0.2, 0.25) is 0 Å². The van der Waals surface area contributed by atoms with Crippen molar-refractivity contribution >= 4 is 23.3 Å². The second kappa shape index (κ2) is 6.88. The lowest BCUT2D eigenvalue weighted by molar-refractivity contribution is -0.120. The third-order valence-corrected chi connectivity index (χ3v) is 4.22. The SMILES string of the molecule is CC1C(=O)N(c2ccc(F)cc2)CC1NC(=O)Nc1ccccc1F. The number of anilines is 2. The molecule has 3 amide bonds. The topological polar surface area (TPSA) is 61.4 Å². The molecule has 2 aromatic rings. The summed E-state index contributed by atoms with van der Waals surface area (Å²) >= 11 is 0. The smallest absolute Gasteiger partial charge is 0.319 e. The van der Waals surface area contributed by atoms with Gasteiger partial charge in [0.1, 0.15) is 11.6 Å². The first-order chi connectivity index (χ1) is 12.0. The van der Waals surface area contributed by atoms with Crippen LogP contribution in [0.5, 0.6) is 0 Å². The quantitative estimate of drug-likeness (QED) is 0.898. The zero-order valence-corrected chi connectivity index (χ0v) is 13.5. The Labute approximate surface area is 143 Å². The minimum atomic E-state index is -0.587. The Morgan fingerprint density at radius 1 is 1.12 bits per heavy atom. The first-order valence-electron chi connectivity index (χ1n) is 7.84. The summed E-state index contributed by atoms with van der Waals surface area (Å²) in [6.07, 6.45) is 0. The Morgan fingerprint density at radius 2 is 1.80 bits per heavy atom. The van der Waals surface area contributed by atoms with Gasteiger partial charge in [-0.2, -0.15) is 0 Å². The van der Waals surface area contributed by atoms with Gasteiger partial charge in [0.15, 0.2) is 0 Å². The lowest BCUT2D eigenvalue weighted by Crippen LogP contribution is -2.42. The summed E-state index contributed by atoms with van der Waals surface area (Å²) in [4.78, 5) is 26.0. The van der Waals surface area contributed by atoms with Crippen molar-refractivity contribution in [1.82, 2.24) is 5.32 Å². The van der Waals surface area contributed by atoms with Gasteiger partial charge in [-0.05, 0) is 36.4 Å². The number of nitrogens with zero attached hydrogens (tertiary/aromatic N) is 1. The molecule has 3 rings (SSSR count). The molecule has 1 aliphatic rings. The highest BCUT2D eigenvalue weighted by molar-refractivity contribution is 5.99. The number of carbonyl (C=O) groups is 2. The van der Waals surface area contributed by atoms with Crippen LogP contribution >= 0.6 is 0 Å². The average molecular weight is 345 g/mol. The van der Waals surface area contributed by atoms with Gasteiger partial charge in [-0.15, -0.1) is 0 Å². The minimum absolute atomic E-state index is 0.0624. The van der Waals surface area contributed by atoms with Crippen LogP contribution < -0.4 is 15.5 Å². The molecule has 0 aromatic heterocycles. The molecule has 5 nitrogen and oxygen atoms in total. The highest BCUT2D eigenvalue weighted by Crippen LogP contribution is 2.25. The maximum Gasteiger partial charge on any atom is 0.319 e. The number of para-hydroxylation sites is 1. The molecule has 1 fully saturated rings. The van der Waals surface area contributed by atoms with E-state index in [1.165, 1.54) is 47.4 Å². The summed E-state index contributed by atoms with van der Waals surface area (Å²) in [6, 6.07) is 10.4. The number of halogens is 2. The van der Waals surface area contributed by atoms with Crippen LogP contribution in [0, 0.1) is 17.6 Å². The average Bonchev–Trinajstić information content (AvgIpc) is 2.86. The van der Waals surface area contributed by atoms with Crippen LogP contribution in [-0.4, -0.2) is 24.5 Å². The third-order valence-electron chi connectivity index (χ3n) is 4.22. The molecule has 2 atom stereocenters. The van der Waals surface area contributed by atoms with E-state index in [9.17, 15) is 18.4 Å². The van der Waals surface area contributed by atoms with E-state index in [1.54, 1.807) is 13.0 Å². The zero-order chi connectivity index (χ0) is 18.0. The monoisotopic (exact) mass is 345 g/mol. The van der Waals surface area contributed by atoms with Crippen LogP contribution in [0.4, 0.5) is 25.0 Å². The Kier molecular flexibility index (Phi) is 4.65. The second-order valence-electron chi connectivity index (χ2n) is 5.90. The molecule has 0 bridgehead atoms. The lowest BCUT2D eigenvalue weighted by Gasteiger charge is -2.17. The Balaban J connectivity index is 1.67. The molecule has 0 saturated carbocycles. The van der Waals surface area contributed by atoms with Crippen LogP contribution in [-0.2, 0) is 4.79 Å². The fourth-order valence-corrected chi connectivity index (χ4v) is 2.78. The van der Waals surface area contributed by atoms with Crippen molar-refractivity contribution in [1.29, 1.82) is 0 Å². The Hall–Kier alpha value is -2.96. The maximum atomic E-state index is 13.6. The molecule has 0 spiro atoms. The summed E-state index contributed by atoms with van der Waals surface area (Å²) in [5, 5.41) is 5.12. The number of hydrogen-bond donors (Lipinski definition) is 2. The molecular formula is C18H17F2N3O2. The van der Waals surface area contributed by atoms with Crippen molar-refractivity contribution in [3.63, 3.8) is 0 Å². The highest BCUT2D eigenvalue weighted by atomic mass is 19.1. The molecule has 7 heteroatoms. The molecule has 25 heavy (non-hydrogen) atoms. The number of hydrogen-bond acceptors (Lipinski definition) is 2. The Bertz CT molecular complexity index is 795. The van der Waals surface area contributed by atoms with Crippen LogP contribution in [0.25, 0.3) is 0 Å². The molecule has 1 aliphatic heterocycles. The second-order valence-corrected chi connectivity index (χ2v) is 5.90. The largest absolute Gasteiger partial charge is 0.333 e. The summed E-state index contributed by atoms with van der Waals surface area (Å²) < 4.78 is 26.6. The van der Waals surface area contributed by atoms with E-state index in [0.717, 1.165) is 0 Å². The predicted octanol–water partition coefficient (Wildman–Crippen LogP) is 3.14. The van der Waals surface area contributed by atoms with Crippen molar-refractivity contribution in [3.8, 4) is 0 Å². The van der Waals surface area contributed by atoms with Crippen molar-refractivity contribution in [2.24, 2.45) is 5.92 Å². The Morgan fingerprint density at radius 3 is 2.48 bits per heavy atom. The van der Waals surface area contributed by atoms with E-state index in [0.29, 0.717) is 5.69 Å². The molecule has 1 heterocycles. The van der Waals surface area contributed by atoms with Gasteiger partial charge in [0.25, 0.3) is 0 Å². The standard InChI is InChI=1S/C18H17F2N3O2/c1-11-16(22-18(25)21-15-5-3-2-4-14(15)20)10-23(17(11)24)13-8-6-12(19)7-9-13/h2-9,11,16H,10H2,1H3,(H2,21,22,25). The van der Waals surface area contributed by atoms with Crippen molar-refractivity contribution < 1.29 is 18.4 Å². The molecular weight excluding hydrogens is 328 g/mol. The van der Waals surface area contributed by atoms with E-state index in [1.807, 2.05) is 0 Å². The van der Waals surface area contributed by atoms with Gasteiger partial charge in [0, 0.05) is 12.2 Å². The number of nitrogens with one attached hydrogen (secondary N) is 2. The van der Waals surface area contributed by atoms with E-state index in [4.69, 9.17) is 0 Å². The fourth-order valence-electron chi connectivity index (χ4n) is 2.78. The van der Waals surface area contributed by atoms with Gasteiger partial charge < -0.3 is 15.5 Å². The van der Waals surface area contributed by atoms with Gasteiger partial charge in [0.2, 0.25) is 5.91 Å². The first kappa shape index (κ1) is 16.9. The first-order valence-corrected chi connectivity index (χ1v) is 7.84. The molecule has 0 aliphatic carbocycles. The summed E-state index contributed by atoms with van der Waals surface area (Å²) in [5.74, 6) is -1.54. The molecule has 2 aromatic carbocycles. The van der Waals surface area contributed by atoms with E-state index < -0.39 is 23.8 Å². The molecule has 1 saturated heterocycles. The predicted molar refractivity (Wildman–Crippen MR) is 90.3 cm³/mol. The van der Waals surface area contributed by atoms with Gasteiger partial charge in [-0.3, -0.25) is 4.79 Å². The van der Waals surface area contributed by atoms with Gasteiger partial charge in [-0.1, -0.05) is 19.1 Å². The number of rotatable bonds is 3. The van der Waals surface area contributed by atoms with Gasteiger partial charge >= 0.3 is 6.03 Å². The lowest BCUT2D eigenvalue weighted by atomic mass is 10.1. The third kappa shape index (κ3) is 3.60. The van der Waals surface area contributed by atoms with Gasteiger partial charge in [-0.25, -0.2) is 13.6 Å². The molecule has 2 unspecified atom stereocenters. The highest BCUT2D eigenvalue weighted by Gasteiger charge is 2.38.